The number of hydrogen-bond acceptors (Lipinski definition) is 8. The van der Waals surface area contributed by atoms with Crippen LogP contribution in [0.3, 0.4) is 0 Å². The summed E-state index contributed by atoms with van der Waals surface area (Å²) in [7, 11) is -0.433. The van der Waals surface area contributed by atoms with Gasteiger partial charge in [0.2, 0.25) is 10.0 Å². The third-order valence-electron chi connectivity index (χ3n) is 7.36. The SMILES string of the molecule is CCOC(=O)C[C@@H](c1ccc(C)c(CN2C[C@@H](C)Oc3ccccc3S2(=O)=O)c1)c1cc(OC)c2c(c1)nnn2C. The highest BCUT2D eigenvalue weighted by atomic mass is 32.2. The lowest BCUT2D eigenvalue weighted by Crippen LogP contribution is -2.35. The van der Waals surface area contributed by atoms with E-state index in [0.29, 0.717) is 17.0 Å². The molecule has 0 aliphatic carbocycles. The standard InChI is InChI=1S/C30H34N4O6S/c1-6-39-29(35)16-24(22-14-25-30(27(15-22)38-5)33(4)32-31-25)21-12-11-19(2)23(13-21)18-34-17-20(3)40-26-9-7-8-10-28(26)41(34,36)37/h7-15,20,24H,6,16-18H2,1-5H3/t20-,24+/m1/s1. The third-order valence-corrected chi connectivity index (χ3v) is 9.22. The molecule has 41 heavy (non-hydrogen) atoms. The molecule has 1 aliphatic rings. The van der Waals surface area contributed by atoms with Gasteiger partial charge in [-0.1, -0.05) is 35.5 Å². The highest BCUT2D eigenvalue weighted by molar-refractivity contribution is 7.89. The Kier molecular flexibility index (Phi) is 8.01. The highest BCUT2D eigenvalue weighted by Crippen LogP contribution is 2.37. The number of sulfonamides is 1. The summed E-state index contributed by atoms with van der Waals surface area (Å²) in [6.07, 6.45) is -0.245. The maximum atomic E-state index is 13.7. The second kappa shape index (κ2) is 11.5. The van der Waals surface area contributed by atoms with E-state index >= 15 is 0 Å². The molecule has 216 valence electrons. The van der Waals surface area contributed by atoms with Crippen molar-refractivity contribution in [2.45, 2.75) is 50.7 Å². The largest absolute Gasteiger partial charge is 0.494 e. The number of para-hydroxylation sites is 1. The average Bonchev–Trinajstić information content (AvgIpc) is 3.28. The molecule has 0 saturated carbocycles. The Labute approximate surface area is 239 Å². The summed E-state index contributed by atoms with van der Waals surface area (Å²) >= 11 is 0. The minimum atomic E-state index is -3.81. The van der Waals surface area contributed by atoms with Gasteiger partial charge in [-0.3, -0.25) is 4.79 Å². The van der Waals surface area contributed by atoms with Crippen LogP contribution in [-0.4, -0.2) is 60.1 Å². The van der Waals surface area contributed by atoms with Crippen molar-refractivity contribution in [1.82, 2.24) is 19.3 Å². The van der Waals surface area contributed by atoms with Crippen LogP contribution in [0.15, 0.2) is 59.5 Å². The molecule has 1 aliphatic heterocycles. The Bertz CT molecular complexity index is 1700. The smallest absolute Gasteiger partial charge is 0.306 e. The number of carbonyl (C=O) groups is 1. The van der Waals surface area contributed by atoms with Gasteiger partial charge in [0.05, 0.1) is 26.7 Å². The summed E-state index contributed by atoms with van der Waals surface area (Å²) < 4.78 is 47.4. The number of ether oxygens (including phenoxy) is 3. The number of methoxy groups -OCH3 is 1. The monoisotopic (exact) mass is 578 g/mol. The summed E-state index contributed by atoms with van der Waals surface area (Å²) in [6, 6.07) is 16.4. The molecule has 11 heteroatoms. The van der Waals surface area contributed by atoms with Crippen LogP contribution < -0.4 is 9.47 Å². The molecule has 5 rings (SSSR count). The minimum Gasteiger partial charge on any atom is -0.494 e. The van der Waals surface area contributed by atoms with E-state index in [-0.39, 0.29) is 43.1 Å². The van der Waals surface area contributed by atoms with Crippen LogP contribution in [0.1, 0.15) is 48.4 Å². The Morgan fingerprint density at radius 2 is 1.93 bits per heavy atom. The highest BCUT2D eigenvalue weighted by Gasteiger charge is 2.33. The third kappa shape index (κ3) is 5.64. The summed E-state index contributed by atoms with van der Waals surface area (Å²) in [5, 5.41) is 8.39. The first-order valence-corrected chi connectivity index (χ1v) is 14.9. The van der Waals surface area contributed by atoms with E-state index < -0.39 is 15.9 Å². The van der Waals surface area contributed by atoms with Gasteiger partial charge in [0.1, 0.15) is 33.5 Å². The first-order chi connectivity index (χ1) is 19.6. The Morgan fingerprint density at radius 1 is 1.15 bits per heavy atom. The Morgan fingerprint density at radius 3 is 2.68 bits per heavy atom. The molecule has 1 aromatic heterocycles. The van der Waals surface area contributed by atoms with Crippen molar-refractivity contribution in [3.63, 3.8) is 0 Å². The van der Waals surface area contributed by atoms with Gasteiger partial charge in [0.25, 0.3) is 0 Å². The fourth-order valence-corrected chi connectivity index (χ4v) is 6.92. The number of aromatic nitrogens is 3. The van der Waals surface area contributed by atoms with Gasteiger partial charge in [0, 0.05) is 19.5 Å². The predicted octanol–water partition coefficient (Wildman–Crippen LogP) is 4.34. The molecule has 0 fully saturated rings. The molecule has 0 bridgehead atoms. The van der Waals surface area contributed by atoms with Gasteiger partial charge in [-0.25, -0.2) is 13.1 Å². The van der Waals surface area contributed by atoms with E-state index in [1.54, 1.807) is 50.0 Å². The normalized spacial score (nSPS) is 17.3. The number of benzene rings is 3. The van der Waals surface area contributed by atoms with Gasteiger partial charge in [-0.15, -0.1) is 5.10 Å². The average molecular weight is 579 g/mol. The van der Waals surface area contributed by atoms with Gasteiger partial charge in [-0.05, 0) is 67.3 Å². The maximum Gasteiger partial charge on any atom is 0.306 e. The minimum absolute atomic E-state index is 0.0888. The number of hydrogen-bond donors (Lipinski definition) is 0. The van der Waals surface area contributed by atoms with E-state index in [0.717, 1.165) is 27.8 Å². The van der Waals surface area contributed by atoms with Crippen LogP contribution in [0.5, 0.6) is 11.5 Å². The Balaban J connectivity index is 1.56. The fourth-order valence-electron chi connectivity index (χ4n) is 5.30. The van der Waals surface area contributed by atoms with E-state index in [1.807, 2.05) is 44.2 Å². The number of rotatable bonds is 8. The molecule has 10 nitrogen and oxygen atoms in total. The first-order valence-electron chi connectivity index (χ1n) is 13.5. The van der Waals surface area contributed by atoms with Crippen LogP contribution >= 0.6 is 0 Å². The van der Waals surface area contributed by atoms with Crippen LogP contribution in [0.4, 0.5) is 0 Å². The summed E-state index contributed by atoms with van der Waals surface area (Å²) in [5.41, 5.74) is 4.83. The van der Waals surface area contributed by atoms with Gasteiger partial charge in [-0.2, -0.15) is 4.31 Å². The molecule has 0 spiro atoms. The van der Waals surface area contributed by atoms with Crippen LogP contribution in [0.2, 0.25) is 0 Å². The van der Waals surface area contributed by atoms with Crippen molar-refractivity contribution < 1.29 is 27.4 Å². The number of nitrogens with zero attached hydrogens (tertiary/aromatic N) is 4. The number of esters is 1. The zero-order valence-electron chi connectivity index (χ0n) is 23.8. The molecular weight excluding hydrogens is 544 g/mol. The summed E-state index contributed by atoms with van der Waals surface area (Å²) in [5.74, 6) is 0.221. The van der Waals surface area contributed by atoms with Gasteiger partial charge >= 0.3 is 5.97 Å². The summed E-state index contributed by atoms with van der Waals surface area (Å²) in [4.78, 5) is 12.9. The number of aryl methyl sites for hydroxylation is 2. The second-order valence-corrected chi connectivity index (χ2v) is 12.1. The topological polar surface area (TPSA) is 113 Å². The Hall–Kier alpha value is -3.96. The van der Waals surface area contributed by atoms with Crippen molar-refractivity contribution in [2.24, 2.45) is 7.05 Å². The molecule has 0 amide bonds. The maximum absolute atomic E-state index is 13.7. The molecule has 2 atom stereocenters. The fraction of sp³-hybridized carbons (Fsp3) is 0.367. The van der Waals surface area contributed by atoms with Gasteiger partial charge < -0.3 is 14.2 Å². The molecule has 0 radical (unpaired) electrons. The predicted molar refractivity (Wildman–Crippen MR) is 153 cm³/mol. The van der Waals surface area contributed by atoms with Crippen molar-refractivity contribution >= 4 is 27.0 Å². The van der Waals surface area contributed by atoms with E-state index in [1.165, 1.54) is 4.31 Å². The molecule has 4 aromatic rings. The lowest BCUT2D eigenvalue weighted by atomic mass is 9.86. The molecule has 0 unspecified atom stereocenters. The van der Waals surface area contributed by atoms with Crippen LogP contribution in [0.25, 0.3) is 11.0 Å². The van der Waals surface area contributed by atoms with Crippen molar-refractivity contribution in [2.75, 3.05) is 20.3 Å². The molecular formula is C30H34N4O6S. The lowest BCUT2D eigenvalue weighted by Gasteiger charge is -2.24. The zero-order valence-corrected chi connectivity index (χ0v) is 24.6. The zero-order chi connectivity index (χ0) is 29.3. The van der Waals surface area contributed by atoms with Gasteiger partial charge in [0.15, 0.2) is 0 Å². The van der Waals surface area contributed by atoms with Crippen molar-refractivity contribution in [3.8, 4) is 11.5 Å². The molecule has 3 aromatic carbocycles. The van der Waals surface area contributed by atoms with Crippen LogP contribution in [-0.2, 0) is 33.1 Å². The quantitative estimate of drug-likeness (QED) is 0.284. The number of fused-ring (bicyclic) bond motifs is 2. The van der Waals surface area contributed by atoms with Crippen molar-refractivity contribution in [1.29, 1.82) is 0 Å². The number of carbonyl (C=O) groups excluding carboxylic acids is 1. The summed E-state index contributed by atoms with van der Waals surface area (Å²) in [6.45, 7) is 6.21. The van der Waals surface area contributed by atoms with Crippen molar-refractivity contribution in [3.05, 3.63) is 76.9 Å². The first kappa shape index (κ1) is 28.6. The van der Waals surface area contributed by atoms with E-state index in [2.05, 4.69) is 10.3 Å². The second-order valence-electron chi connectivity index (χ2n) is 10.2. The lowest BCUT2D eigenvalue weighted by molar-refractivity contribution is -0.143. The molecule has 0 N–H and O–H groups in total. The van der Waals surface area contributed by atoms with E-state index in [4.69, 9.17) is 14.2 Å². The molecule has 2 heterocycles. The van der Waals surface area contributed by atoms with E-state index in [9.17, 15) is 13.2 Å². The van der Waals surface area contributed by atoms with Crippen LogP contribution in [0, 0.1) is 6.92 Å². The molecule has 0 saturated heterocycles.